The Kier molecular flexibility index (Phi) is 8.13. The van der Waals surface area contributed by atoms with Gasteiger partial charge in [0.2, 0.25) is 0 Å². The van der Waals surface area contributed by atoms with E-state index in [2.05, 4.69) is 47.4 Å². The Morgan fingerprint density at radius 2 is 1.90 bits per heavy atom. The van der Waals surface area contributed by atoms with Crippen molar-refractivity contribution in [3.05, 3.63) is 42.5 Å². The maximum absolute atomic E-state index is 12.5. The highest BCUT2D eigenvalue weighted by Crippen LogP contribution is 2.32. The molecule has 222 valence electrons. The van der Waals surface area contributed by atoms with Gasteiger partial charge in [-0.1, -0.05) is 11.8 Å². The highest BCUT2D eigenvalue weighted by Gasteiger charge is 2.37. The van der Waals surface area contributed by atoms with E-state index in [1.165, 1.54) is 12.4 Å². The summed E-state index contributed by atoms with van der Waals surface area (Å²) in [6, 6.07) is 3.87. The van der Waals surface area contributed by atoms with E-state index in [-0.39, 0.29) is 11.3 Å². The molecule has 3 aliphatic rings. The van der Waals surface area contributed by atoms with Crippen LogP contribution in [0.4, 0.5) is 17.3 Å². The largest absolute Gasteiger partial charge is 0.390 e. The molecule has 2 saturated carbocycles. The number of morpholine rings is 1. The molecule has 0 radical (unpaired) electrons. The smallest absolute Gasteiger partial charge is 0.256 e. The summed E-state index contributed by atoms with van der Waals surface area (Å²) in [5.41, 5.74) is 1.57. The summed E-state index contributed by atoms with van der Waals surface area (Å²) in [4.78, 5) is 15.8. The number of pyridine rings is 1. The third-order valence-electron chi connectivity index (χ3n) is 7.89. The number of aliphatic hydroxyl groups is 1. The van der Waals surface area contributed by atoms with Crippen LogP contribution in [-0.2, 0) is 14.8 Å². The Bertz CT molecular complexity index is 1580. The second kappa shape index (κ2) is 12.0. The number of hydrogen-bond donors (Lipinski definition) is 3. The molecule has 6 rings (SSSR count). The van der Waals surface area contributed by atoms with E-state index < -0.39 is 15.6 Å². The fourth-order valence-corrected chi connectivity index (χ4v) is 6.61. The first-order valence-electron chi connectivity index (χ1n) is 14.4. The Hall–Kier alpha value is -3.57. The molecule has 12 nitrogen and oxygen atoms in total. The predicted octanol–water partition coefficient (Wildman–Crippen LogP) is 2.61. The molecule has 1 saturated heterocycles. The molecule has 0 bridgehead atoms. The Morgan fingerprint density at radius 1 is 1.12 bits per heavy atom. The van der Waals surface area contributed by atoms with Gasteiger partial charge in [-0.2, -0.15) is 9.19 Å². The number of anilines is 3. The van der Waals surface area contributed by atoms with E-state index >= 15 is 0 Å². The molecule has 3 N–H and O–H groups in total. The summed E-state index contributed by atoms with van der Waals surface area (Å²) in [6.45, 7) is 5.77. The highest BCUT2D eigenvalue weighted by molar-refractivity contribution is 7.90. The molecule has 2 aliphatic carbocycles. The van der Waals surface area contributed by atoms with Crippen LogP contribution < -0.4 is 10.6 Å². The molecule has 0 atom stereocenters. The van der Waals surface area contributed by atoms with Gasteiger partial charge in [0.25, 0.3) is 10.0 Å². The number of nitrogens with zero attached hydrogens (tertiary/aromatic N) is 6. The molecule has 3 aromatic rings. The van der Waals surface area contributed by atoms with Gasteiger partial charge < -0.3 is 20.5 Å². The lowest BCUT2D eigenvalue weighted by atomic mass is 9.83. The molecule has 0 aromatic carbocycles. The minimum Gasteiger partial charge on any atom is -0.390 e. The molecule has 0 unspecified atom stereocenters. The van der Waals surface area contributed by atoms with E-state index in [1.54, 1.807) is 18.5 Å². The van der Waals surface area contributed by atoms with Gasteiger partial charge in [0.15, 0.2) is 5.82 Å². The molecule has 0 spiro atoms. The van der Waals surface area contributed by atoms with Crippen molar-refractivity contribution >= 4 is 27.3 Å². The van der Waals surface area contributed by atoms with Crippen molar-refractivity contribution in [3.63, 3.8) is 0 Å². The van der Waals surface area contributed by atoms with Gasteiger partial charge in [-0.05, 0) is 51.5 Å². The zero-order valence-electron chi connectivity index (χ0n) is 23.7. The molecule has 4 heterocycles. The maximum Gasteiger partial charge on any atom is 0.256 e. The fraction of sp³-hybridized carbons (Fsp3) is 0.517. The van der Waals surface area contributed by atoms with Crippen LogP contribution in [0.15, 0.2) is 36.9 Å². The van der Waals surface area contributed by atoms with Gasteiger partial charge in [0.05, 0.1) is 59.8 Å². The lowest BCUT2D eigenvalue weighted by Gasteiger charge is -2.34. The van der Waals surface area contributed by atoms with Crippen molar-refractivity contribution in [2.75, 3.05) is 43.5 Å². The third-order valence-corrected chi connectivity index (χ3v) is 9.93. The molecule has 13 heteroatoms. The molecular formula is C29H36N8O4S. The number of nitrogens with one attached hydrogen (secondary N) is 2. The summed E-state index contributed by atoms with van der Waals surface area (Å²) in [5.74, 6) is 8.03. The quantitative estimate of drug-likeness (QED) is 0.332. The van der Waals surface area contributed by atoms with Crippen molar-refractivity contribution in [1.29, 1.82) is 0 Å². The number of hydrogen-bond acceptors (Lipinski definition) is 11. The zero-order chi connectivity index (χ0) is 29.2. The van der Waals surface area contributed by atoms with Gasteiger partial charge in [-0.25, -0.2) is 23.4 Å². The summed E-state index contributed by atoms with van der Waals surface area (Å²) >= 11 is 0. The first-order valence-corrected chi connectivity index (χ1v) is 15.9. The second-order valence-electron chi connectivity index (χ2n) is 11.5. The van der Waals surface area contributed by atoms with Crippen LogP contribution >= 0.6 is 0 Å². The average Bonchev–Trinajstić information content (AvgIpc) is 3.73. The van der Waals surface area contributed by atoms with Gasteiger partial charge in [0.1, 0.15) is 11.6 Å². The Morgan fingerprint density at radius 3 is 2.67 bits per heavy atom. The summed E-state index contributed by atoms with van der Waals surface area (Å²) in [5, 5.41) is 21.0. The lowest BCUT2D eigenvalue weighted by molar-refractivity contribution is 0.0196. The van der Waals surface area contributed by atoms with Crippen molar-refractivity contribution in [1.82, 2.24) is 29.0 Å². The number of ether oxygens (including phenoxy) is 1. The Balaban J connectivity index is 1.20. The minimum absolute atomic E-state index is 0.217. The lowest BCUT2D eigenvalue weighted by Crippen LogP contribution is -2.36. The van der Waals surface area contributed by atoms with Crippen molar-refractivity contribution in [2.45, 2.75) is 62.3 Å². The minimum atomic E-state index is -3.47. The van der Waals surface area contributed by atoms with Crippen LogP contribution in [0.2, 0.25) is 0 Å². The van der Waals surface area contributed by atoms with Crippen LogP contribution in [0.25, 0.3) is 11.4 Å². The topological polar surface area (TPSA) is 147 Å². The van der Waals surface area contributed by atoms with Gasteiger partial charge in [-0.15, -0.1) is 0 Å². The SMILES string of the molecule is CC1(O)CCC(Nc2cc(Nc3ccnc(-c4cnn(S(=O)(=O)C5CC5)c4)n3)ncc2C#CCN2CCOCC2)CC1. The predicted molar refractivity (Wildman–Crippen MR) is 159 cm³/mol. The normalized spacial score (nSPS) is 23.1. The zero-order valence-corrected chi connectivity index (χ0v) is 24.5. The van der Waals surface area contributed by atoms with Gasteiger partial charge in [-0.3, -0.25) is 4.90 Å². The van der Waals surface area contributed by atoms with Crippen molar-refractivity contribution in [3.8, 4) is 23.2 Å². The first kappa shape index (κ1) is 28.5. The molecule has 1 aliphatic heterocycles. The third kappa shape index (κ3) is 6.90. The van der Waals surface area contributed by atoms with E-state index in [9.17, 15) is 13.5 Å². The van der Waals surface area contributed by atoms with E-state index in [1.807, 2.05) is 13.0 Å². The molecule has 3 fully saturated rings. The number of rotatable bonds is 8. The van der Waals surface area contributed by atoms with Crippen molar-refractivity contribution in [2.24, 2.45) is 0 Å². The monoisotopic (exact) mass is 592 g/mol. The number of aromatic nitrogens is 5. The fourth-order valence-electron chi connectivity index (χ4n) is 5.13. The van der Waals surface area contributed by atoms with Crippen LogP contribution in [0.5, 0.6) is 0 Å². The first-order chi connectivity index (χ1) is 20.2. The summed E-state index contributed by atoms with van der Waals surface area (Å²) in [7, 11) is -3.47. The summed E-state index contributed by atoms with van der Waals surface area (Å²) < 4.78 is 31.5. The summed E-state index contributed by atoms with van der Waals surface area (Å²) in [6.07, 6.45) is 10.8. The van der Waals surface area contributed by atoms with Crippen LogP contribution in [0.3, 0.4) is 0 Å². The van der Waals surface area contributed by atoms with E-state index in [4.69, 9.17) is 4.74 Å². The van der Waals surface area contributed by atoms with Crippen LogP contribution in [0, 0.1) is 11.8 Å². The second-order valence-corrected chi connectivity index (χ2v) is 13.5. The van der Waals surface area contributed by atoms with E-state index in [0.717, 1.165) is 67.3 Å². The molecule has 0 amide bonds. The van der Waals surface area contributed by atoms with Crippen LogP contribution in [-0.4, -0.2) is 92.3 Å². The van der Waals surface area contributed by atoms with Gasteiger partial charge in [0, 0.05) is 37.6 Å². The van der Waals surface area contributed by atoms with Gasteiger partial charge >= 0.3 is 0 Å². The van der Waals surface area contributed by atoms with E-state index in [0.29, 0.717) is 42.4 Å². The Labute approximate surface area is 246 Å². The average molecular weight is 593 g/mol. The highest BCUT2D eigenvalue weighted by atomic mass is 32.2. The van der Waals surface area contributed by atoms with Crippen molar-refractivity contribution < 1.29 is 18.3 Å². The maximum atomic E-state index is 12.5. The standard InChI is InChI=1S/C29H36N8O4S/c1-29(38)9-6-23(7-10-29)33-25-17-27(31-18-21(25)3-2-12-36-13-15-41-16-14-36)34-26-8-11-30-28(35-26)22-19-32-37(20-22)42(39,40)24-4-5-24/h8,11,17-20,23-24,38H,4-7,9-10,12-16H2,1H3,(H2,30,31,33,34,35). The molecule has 3 aromatic heterocycles. The molecule has 42 heavy (non-hydrogen) atoms. The van der Waals surface area contributed by atoms with Crippen LogP contribution in [0.1, 0.15) is 51.0 Å². The molecular weight excluding hydrogens is 556 g/mol.